The molecule has 0 spiro atoms. The molecule has 0 saturated carbocycles. The molecule has 26 heavy (non-hydrogen) atoms. The van der Waals surface area contributed by atoms with Gasteiger partial charge in [0.1, 0.15) is 18.0 Å². The molecule has 3 heterocycles. The standard InChI is InChI=1S/C17H17F2N3O4/c1-9-6-14(21-26-9)20-15(23)4-5-22-7-12-13(8-22)25-17-11(19)3-2-10(18)16(17)24-12/h2-3,6,12-13H,4-5,7-8H2,1H3,(H,20,21,23)/t12-,13+. The molecule has 0 aliphatic carbocycles. The van der Waals surface area contributed by atoms with Crippen LogP contribution in [-0.4, -0.2) is 47.8 Å². The molecule has 2 aromatic rings. The van der Waals surface area contributed by atoms with Crippen molar-refractivity contribution in [2.24, 2.45) is 0 Å². The van der Waals surface area contributed by atoms with E-state index in [-0.39, 0.29) is 23.8 Å². The third-order valence-corrected chi connectivity index (χ3v) is 4.40. The topological polar surface area (TPSA) is 76.8 Å². The zero-order valence-electron chi connectivity index (χ0n) is 14.0. The lowest BCUT2D eigenvalue weighted by atomic mass is 10.2. The minimum absolute atomic E-state index is 0.188. The molecule has 1 aromatic carbocycles. The quantitative estimate of drug-likeness (QED) is 0.894. The van der Waals surface area contributed by atoms with Crippen molar-refractivity contribution in [2.45, 2.75) is 25.6 Å². The van der Waals surface area contributed by atoms with E-state index < -0.39 is 23.8 Å². The highest BCUT2D eigenvalue weighted by molar-refractivity contribution is 5.89. The van der Waals surface area contributed by atoms with Crippen LogP contribution < -0.4 is 14.8 Å². The van der Waals surface area contributed by atoms with Crippen LogP contribution in [-0.2, 0) is 4.79 Å². The van der Waals surface area contributed by atoms with Gasteiger partial charge in [0.2, 0.25) is 17.4 Å². The first kappa shape index (κ1) is 16.8. The lowest BCUT2D eigenvalue weighted by Gasteiger charge is -2.28. The van der Waals surface area contributed by atoms with Crippen molar-refractivity contribution in [3.8, 4) is 11.5 Å². The predicted octanol–water partition coefficient (Wildman–Crippen LogP) is 2.11. The number of benzene rings is 1. The molecule has 1 fully saturated rings. The summed E-state index contributed by atoms with van der Waals surface area (Å²) in [6, 6.07) is 3.66. The molecule has 0 bridgehead atoms. The average molecular weight is 365 g/mol. The second-order valence-electron chi connectivity index (χ2n) is 6.38. The van der Waals surface area contributed by atoms with E-state index in [1.54, 1.807) is 13.0 Å². The number of rotatable bonds is 4. The number of nitrogens with one attached hydrogen (secondary N) is 1. The van der Waals surface area contributed by atoms with Gasteiger partial charge in [-0.2, -0.15) is 0 Å². The van der Waals surface area contributed by atoms with Crippen molar-refractivity contribution in [3.05, 3.63) is 35.6 Å². The first-order chi connectivity index (χ1) is 12.5. The van der Waals surface area contributed by atoms with Crippen molar-refractivity contribution in [3.63, 3.8) is 0 Å². The van der Waals surface area contributed by atoms with Crippen LogP contribution in [0.3, 0.4) is 0 Å². The summed E-state index contributed by atoms with van der Waals surface area (Å²) in [7, 11) is 0. The predicted molar refractivity (Wildman–Crippen MR) is 86.1 cm³/mol. The van der Waals surface area contributed by atoms with Crippen molar-refractivity contribution in [1.29, 1.82) is 0 Å². The number of ether oxygens (including phenoxy) is 2. The maximum absolute atomic E-state index is 13.8. The van der Waals surface area contributed by atoms with Gasteiger partial charge in [0.25, 0.3) is 0 Å². The Labute approximate surface area is 147 Å². The maximum atomic E-state index is 13.8. The fourth-order valence-corrected chi connectivity index (χ4v) is 3.15. The van der Waals surface area contributed by atoms with Gasteiger partial charge in [0, 0.05) is 32.1 Å². The first-order valence-electron chi connectivity index (χ1n) is 8.26. The van der Waals surface area contributed by atoms with E-state index in [1.165, 1.54) is 0 Å². The third kappa shape index (κ3) is 3.22. The molecule has 1 N–H and O–H groups in total. The molecular formula is C17H17F2N3O4. The fraction of sp³-hybridized carbons (Fsp3) is 0.412. The van der Waals surface area contributed by atoms with Gasteiger partial charge >= 0.3 is 0 Å². The molecule has 138 valence electrons. The summed E-state index contributed by atoms with van der Waals surface area (Å²) in [6.45, 7) is 3.13. The number of carbonyl (C=O) groups is 1. The third-order valence-electron chi connectivity index (χ3n) is 4.40. The number of halogens is 2. The molecule has 2 atom stereocenters. The molecule has 2 aliphatic rings. The van der Waals surface area contributed by atoms with Gasteiger partial charge in [-0.15, -0.1) is 0 Å². The SMILES string of the molecule is Cc1cc(NC(=O)CCN2C[C@@H]3Oc4c(F)ccc(F)c4O[C@@H]3C2)no1. The summed E-state index contributed by atoms with van der Waals surface area (Å²) >= 11 is 0. The van der Waals surface area contributed by atoms with Crippen LogP contribution in [0.4, 0.5) is 14.6 Å². The summed E-state index contributed by atoms with van der Waals surface area (Å²) in [5, 5.41) is 6.35. The van der Waals surface area contributed by atoms with Crippen molar-refractivity contribution in [1.82, 2.24) is 10.1 Å². The highest BCUT2D eigenvalue weighted by Crippen LogP contribution is 2.40. The second kappa shape index (κ2) is 6.56. The second-order valence-corrected chi connectivity index (χ2v) is 6.38. The first-order valence-corrected chi connectivity index (χ1v) is 8.26. The van der Waals surface area contributed by atoms with Gasteiger partial charge in [0.05, 0.1) is 0 Å². The minimum Gasteiger partial charge on any atom is -0.478 e. The lowest BCUT2D eigenvalue weighted by molar-refractivity contribution is -0.116. The van der Waals surface area contributed by atoms with Gasteiger partial charge in [-0.3, -0.25) is 9.69 Å². The molecule has 1 saturated heterocycles. The van der Waals surface area contributed by atoms with E-state index in [1.807, 2.05) is 4.90 Å². The van der Waals surface area contributed by atoms with Crippen molar-refractivity contribution in [2.75, 3.05) is 25.0 Å². The van der Waals surface area contributed by atoms with Crippen molar-refractivity contribution < 1.29 is 27.6 Å². The molecule has 4 rings (SSSR count). The molecular weight excluding hydrogens is 348 g/mol. The van der Waals surface area contributed by atoms with Crippen molar-refractivity contribution >= 4 is 11.7 Å². The zero-order chi connectivity index (χ0) is 18.3. The summed E-state index contributed by atoms with van der Waals surface area (Å²) in [6.07, 6.45) is -0.568. The lowest BCUT2D eigenvalue weighted by Crippen LogP contribution is -2.39. The van der Waals surface area contributed by atoms with Gasteiger partial charge in [0.15, 0.2) is 17.5 Å². The van der Waals surface area contributed by atoms with Crippen LogP contribution in [0.2, 0.25) is 0 Å². The van der Waals surface area contributed by atoms with E-state index >= 15 is 0 Å². The Bertz CT molecular complexity index is 802. The summed E-state index contributed by atoms with van der Waals surface area (Å²) < 4.78 is 43.7. The van der Waals surface area contributed by atoms with E-state index in [0.29, 0.717) is 31.2 Å². The number of anilines is 1. The van der Waals surface area contributed by atoms with Crippen LogP contribution in [0.5, 0.6) is 11.5 Å². The van der Waals surface area contributed by atoms with Crippen LogP contribution in [0.15, 0.2) is 22.7 Å². The summed E-state index contributed by atoms with van der Waals surface area (Å²) in [5.74, 6) is -0.899. The number of aryl methyl sites for hydroxylation is 1. The van der Waals surface area contributed by atoms with Gasteiger partial charge in [-0.05, 0) is 19.1 Å². The molecule has 9 heteroatoms. The molecule has 7 nitrogen and oxygen atoms in total. The number of hydrogen-bond donors (Lipinski definition) is 1. The number of hydrogen-bond acceptors (Lipinski definition) is 6. The summed E-state index contributed by atoms with van der Waals surface area (Å²) in [5.41, 5.74) is 0. The number of aromatic nitrogens is 1. The average Bonchev–Trinajstić information content (AvgIpc) is 3.20. The monoisotopic (exact) mass is 365 g/mol. The summed E-state index contributed by atoms with van der Waals surface area (Å²) in [4.78, 5) is 13.9. The fourth-order valence-electron chi connectivity index (χ4n) is 3.15. The molecule has 0 radical (unpaired) electrons. The maximum Gasteiger partial charge on any atom is 0.226 e. The number of carbonyl (C=O) groups excluding carboxylic acids is 1. The molecule has 0 unspecified atom stereocenters. The zero-order valence-corrected chi connectivity index (χ0v) is 14.0. The molecule has 1 amide bonds. The largest absolute Gasteiger partial charge is 0.478 e. The number of nitrogens with zero attached hydrogens (tertiary/aromatic N) is 2. The van der Waals surface area contributed by atoms with Gasteiger partial charge < -0.3 is 19.3 Å². The highest BCUT2D eigenvalue weighted by atomic mass is 19.1. The Morgan fingerprint density at radius 3 is 2.38 bits per heavy atom. The van der Waals surface area contributed by atoms with Crippen LogP contribution in [0.25, 0.3) is 0 Å². The van der Waals surface area contributed by atoms with Gasteiger partial charge in [-0.1, -0.05) is 5.16 Å². The van der Waals surface area contributed by atoms with Gasteiger partial charge in [-0.25, -0.2) is 8.78 Å². The van der Waals surface area contributed by atoms with E-state index in [2.05, 4.69) is 10.5 Å². The smallest absolute Gasteiger partial charge is 0.226 e. The van der Waals surface area contributed by atoms with E-state index in [4.69, 9.17) is 14.0 Å². The Hall–Kier alpha value is -2.68. The number of amides is 1. The van der Waals surface area contributed by atoms with Crippen LogP contribution in [0.1, 0.15) is 12.2 Å². The Kier molecular flexibility index (Phi) is 4.23. The van der Waals surface area contributed by atoms with E-state index in [0.717, 1.165) is 12.1 Å². The molecule has 2 aliphatic heterocycles. The Balaban J connectivity index is 1.33. The van der Waals surface area contributed by atoms with Crippen LogP contribution in [0, 0.1) is 18.6 Å². The minimum atomic E-state index is -0.652. The highest BCUT2D eigenvalue weighted by Gasteiger charge is 2.41. The Morgan fingerprint density at radius 1 is 1.23 bits per heavy atom. The number of fused-ring (bicyclic) bond motifs is 2. The normalized spacial score (nSPS) is 21.5. The van der Waals surface area contributed by atoms with Crippen LogP contribution >= 0.6 is 0 Å². The molecule has 1 aromatic heterocycles. The number of likely N-dealkylation sites (tertiary alicyclic amines) is 1. The van der Waals surface area contributed by atoms with E-state index in [9.17, 15) is 13.6 Å². The Morgan fingerprint density at radius 2 is 1.85 bits per heavy atom.